The molecule has 1 N–H and O–H groups in total. The highest BCUT2D eigenvalue weighted by molar-refractivity contribution is 6.32. The number of amides is 1. The van der Waals surface area contributed by atoms with Gasteiger partial charge in [0, 0.05) is 11.6 Å². The number of nitrogens with zero attached hydrogens (tertiary/aromatic N) is 2. The normalized spacial score (nSPS) is 11.9. The van der Waals surface area contributed by atoms with Crippen molar-refractivity contribution in [3.8, 4) is 11.5 Å². The van der Waals surface area contributed by atoms with Crippen LogP contribution in [0.4, 0.5) is 0 Å². The zero-order valence-electron chi connectivity index (χ0n) is 19.4. The topological polar surface area (TPSA) is 65.4 Å². The molecule has 0 fully saturated rings. The van der Waals surface area contributed by atoms with E-state index in [0.29, 0.717) is 28.2 Å². The summed E-state index contributed by atoms with van der Waals surface area (Å²) >= 11 is 12.0. The monoisotopic (exact) mass is 511 g/mol. The Morgan fingerprint density at radius 2 is 1.71 bits per heavy atom. The molecular formula is C27H27Cl2N3O3. The molecule has 0 aliphatic heterocycles. The lowest BCUT2D eigenvalue weighted by atomic mass is 10.2. The number of aromatic nitrogens is 2. The van der Waals surface area contributed by atoms with Gasteiger partial charge in [0.25, 0.3) is 5.91 Å². The van der Waals surface area contributed by atoms with Gasteiger partial charge in [-0.05, 0) is 68.3 Å². The molecule has 0 saturated heterocycles. The predicted octanol–water partition coefficient (Wildman–Crippen LogP) is 6.46. The van der Waals surface area contributed by atoms with Crippen LogP contribution < -0.4 is 14.8 Å². The van der Waals surface area contributed by atoms with E-state index >= 15 is 0 Å². The van der Waals surface area contributed by atoms with Crippen LogP contribution in [-0.2, 0) is 11.3 Å². The van der Waals surface area contributed by atoms with E-state index in [0.717, 1.165) is 36.2 Å². The van der Waals surface area contributed by atoms with Gasteiger partial charge in [-0.2, -0.15) is 0 Å². The highest BCUT2D eigenvalue weighted by Crippen LogP contribution is 2.24. The lowest BCUT2D eigenvalue weighted by molar-refractivity contribution is -0.123. The van der Waals surface area contributed by atoms with Crippen LogP contribution >= 0.6 is 23.2 Å². The number of rotatable bonds is 11. The SMILES string of the molecule is CC(NC(=O)COc1ccc(Cl)cc1)c1nc2ccccc2n1CCCCOc1ccccc1Cl. The second-order valence-corrected chi connectivity index (χ2v) is 8.97. The van der Waals surface area contributed by atoms with Crippen LogP contribution in [0.3, 0.4) is 0 Å². The van der Waals surface area contributed by atoms with E-state index in [2.05, 4.69) is 9.88 Å². The number of nitrogens with one attached hydrogen (secondary N) is 1. The van der Waals surface area contributed by atoms with Crippen molar-refractivity contribution in [2.75, 3.05) is 13.2 Å². The van der Waals surface area contributed by atoms with Gasteiger partial charge in [0.2, 0.25) is 0 Å². The van der Waals surface area contributed by atoms with Crippen molar-refractivity contribution in [2.45, 2.75) is 32.4 Å². The molecule has 4 aromatic rings. The summed E-state index contributed by atoms with van der Waals surface area (Å²) in [6.07, 6.45) is 1.74. The largest absolute Gasteiger partial charge is 0.492 e. The van der Waals surface area contributed by atoms with Gasteiger partial charge in [-0.1, -0.05) is 47.5 Å². The zero-order valence-corrected chi connectivity index (χ0v) is 20.9. The van der Waals surface area contributed by atoms with Crippen molar-refractivity contribution >= 4 is 40.1 Å². The third-order valence-corrected chi connectivity index (χ3v) is 6.07. The summed E-state index contributed by atoms with van der Waals surface area (Å²) in [7, 11) is 0. The standard InChI is InChI=1S/C27H27Cl2N3O3/c1-19(30-26(33)18-35-21-14-12-20(28)13-15-21)27-31-23-9-3-4-10-24(23)32(27)16-6-7-17-34-25-11-5-2-8-22(25)29/h2-5,8-15,19H,6-7,16-18H2,1H3,(H,30,33). The number of unbranched alkanes of at least 4 members (excludes halogenated alkanes) is 1. The molecule has 35 heavy (non-hydrogen) atoms. The smallest absolute Gasteiger partial charge is 0.258 e. The highest BCUT2D eigenvalue weighted by atomic mass is 35.5. The predicted molar refractivity (Wildman–Crippen MR) is 139 cm³/mol. The van der Waals surface area contributed by atoms with Crippen LogP contribution in [0.5, 0.6) is 11.5 Å². The summed E-state index contributed by atoms with van der Waals surface area (Å²) in [4.78, 5) is 17.3. The highest BCUT2D eigenvalue weighted by Gasteiger charge is 2.18. The van der Waals surface area contributed by atoms with Gasteiger partial charge in [0.05, 0.1) is 28.7 Å². The fourth-order valence-corrected chi connectivity index (χ4v) is 4.12. The minimum absolute atomic E-state index is 0.0917. The van der Waals surface area contributed by atoms with E-state index in [9.17, 15) is 4.79 Å². The number of para-hydroxylation sites is 3. The number of ether oxygens (including phenoxy) is 2. The molecule has 182 valence electrons. The Morgan fingerprint density at radius 1 is 0.971 bits per heavy atom. The molecule has 1 aromatic heterocycles. The summed E-state index contributed by atoms with van der Waals surface area (Å²) < 4.78 is 13.5. The minimum atomic E-state index is -0.289. The molecule has 8 heteroatoms. The van der Waals surface area contributed by atoms with Gasteiger partial charge in [0.1, 0.15) is 17.3 Å². The van der Waals surface area contributed by atoms with E-state index in [1.807, 2.05) is 55.5 Å². The quantitative estimate of drug-likeness (QED) is 0.234. The fourth-order valence-electron chi connectivity index (χ4n) is 3.80. The van der Waals surface area contributed by atoms with Gasteiger partial charge in [-0.15, -0.1) is 0 Å². The van der Waals surface area contributed by atoms with Crippen molar-refractivity contribution in [3.63, 3.8) is 0 Å². The summed E-state index contributed by atoms with van der Waals surface area (Å²) in [5.41, 5.74) is 1.93. The minimum Gasteiger partial charge on any atom is -0.492 e. The molecule has 1 amide bonds. The summed E-state index contributed by atoms with van der Waals surface area (Å²) in [6.45, 7) is 3.16. The average Bonchev–Trinajstić information content (AvgIpc) is 3.23. The van der Waals surface area contributed by atoms with Crippen molar-refractivity contribution in [3.05, 3.63) is 88.7 Å². The van der Waals surface area contributed by atoms with Gasteiger partial charge in [-0.25, -0.2) is 4.98 Å². The molecular weight excluding hydrogens is 485 g/mol. The Bertz CT molecular complexity index is 1270. The Morgan fingerprint density at radius 3 is 2.51 bits per heavy atom. The Hall–Kier alpha value is -3.22. The lowest BCUT2D eigenvalue weighted by Crippen LogP contribution is -2.32. The average molecular weight is 512 g/mol. The maximum absolute atomic E-state index is 12.5. The Balaban J connectivity index is 1.35. The van der Waals surface area contributed by atoms with Crippen LogP contribution in [-0.4, -0.2) is 28.7 Å². The molecule has 4 rings (SSSR count). The van der Waals surface area contributed by atoms with Crippen molar-refractivity contribution in [2.24, 2.45) is 0 Å². The molecule has 1 unspecified atom stereocenters. The first kappa shape index (κ1) is 24.9. The Labute approximate surface area is 214 Å². The molecule has 1 heterocycles. The van der Waals surface area contributed by atoms with E-state index < -0.39 is 0 Å². The number of carbonyl (C=O) groups excluding carboxylic acids is 1. The van der Waals surface area contributed by atoms with E-state index in [1.54, 1.807) is 24.3 Å². The number of hydrogen-bond donors (Lipinski definition) is 1. The molecule has 0 saturated carbocycles. The maximum atomic E-state index is 12.5. The van der Waals surface area contributed by atoms with Crippen LogP contribution in [0.1, 0.15) is 31.6 Å². The number of benzene rings is 3. The molecule has 1 atom stereocenters. The van der Waals surface area contributed by atoms with Gasteiger partial charge < -0.3 is 19.4 Å². The van der Waals surface area contributed by atoms with E-state index in [1.165, 1.54) is 0 Å². The number of imidazole rings is 1. The zero-order chi connectivity index (χ0) is 24.6. The van der Waals surface area contributed by atoms with Gasteiger partial charge in [-0.3, -0.25) is 4.79 Å². The number of aryl methyl sites for hydroxylation is 1. The van der Waals surface area contributed by atoms with Gasteiger partial charge >= 0.3 is 0 Å². The van der Waals surface area contributed by atoms with Crippen LogP contribution in [0.25, 0.3) is 11.0 Å². The first-order valence-corrected chi connectivity index (χ1v) is 12.3. The Kier molecular flexibility index (Phi) is 8.50. The fraction of sp³-hybridized carbons (Fsp3) is 0.259. The molecule has 0 aliphatic carbocycles. The second-order valence-electron chi connectivity index (χ2n) is 8.13. The summed E-state index contributed by atoms with van der Waals surface area (Å²) in [5, 5.41) is 4.22. The third-order valence-electron chi connectivity index (χ3n) is 5.50. The number of halogens is 2. The molecule has 3 aromatic carbocycles. The number of carbonyl (C=O) groups is 1. The molecule has 0 spiro atoms. The van der Waals surface area contributed by atoms with Gasteiger partial charge in [0.15, 0.2) is 6.61 Å². The summed E-state index contributed by atoms with van der Waals surface area (Å²) in [6, 6.07) is 22.1. The first-order chi connectivity index (χ1) is 17.0. The second kappa shape index (κ2) is 12.0. The van der Waals surface area contributed by atoms with Crippen molar-refractivity contribution in [1.29, 1.82) is 0 Å². The van der Waals surface area contributed by atoms with Crippen LogP contribution in [0, 0.1) is 0 Å². The first-order valence-electron chi connectivity index (χ1n) is 11.5. The van der Waals surface area contributed by atoms with E-state index in [4.69, 9.17) is 37.7 Å². The number of hydrogen-bond acceptors (Lipinski definition) is 4. The summed E-state index contributed by atoms with van der Waals surface area (Å²) in [5.74, 6) is 1.86. The molecule has 6 nitrogen and oxygen atoms in total. The molecule has 0 bridgehead atoms. The molecule has 0 radical (unpaired) electrons. The van der Waals surface area contributed by atoms with Crippen molar-refractivity contribution in [1.82, 2.24) is 14.9 Å². The van der Waals surface area contributed by atoms with Crippen LogP contribution in [0.15, 0.2) is 72.8 Å². The molecule has 0 aliphatic rings. The lowest BCUT2D eigenvalue weighted by Gasteiger charge is -2.17. The maximum Gasteiger partial charge on any atom is 0.258 e. The van der Waals surface area contributed by atoms with Crippen LogP contribution in [0.2, 0.25) is 10.0 Å². The number of fused-ring (bicyclic) bond motifs is 1. The van der Waals surface area contributed by atoms with E-state index in [-0.39, 0.29) is 18.6 Å². The van der Waals surface area contributed by atoms with Crippen molar-refractivity contribution < 1.29 is 14.3 Å². The third kappa shape index (κ3) is 6.68.